The van der Waals surface area contributed by atoms with Crippen molar-refractivity contribution in [2.75, 3.05) is 10.5 Å². The molecule has 0 saturated heterocycles. The Balaban J connectivity index is 1.94. The molecule has 0 aliphatic heterocycles. The van der Waals surface area contributed by atoms with Crippen molar-refractivity contribution in [2.24, 2.45) is 5.92 Å². The van der Waals surface area contributed by atoms with Crippen LogP contribution in [-0.2, 0) is 21.2 Å². The average molecular weight is 311 g/mol. The molecular formula is C15H21NO4S. The van der Waals surface area contributed by atoms with Crippen LogP contribution in [-0.4, -0.2) is 25.2 Å². The van der Waals surface area contributed by atoms with E-state index in [0.717, 1.165) is 25.7 Å². The zero-order chi connectivity index (χ0) is 15.3. The molecule has 0 bridgehead atoms. The zero-order valence-electron chi connectivity index (χ0n) is 11.9. The van der Waals surface area contributed by atoms with E-state index in [0.29, 0.717) is 11.3 Å². The second-order valence-corrected chi connectivity index (χ2v) is 7.42. The lowest BCUT2D eigenvalue weighted by atomic mass is 9.91. The van der Waals surface area contributed by atoms with Gasteiger partial charge in [-0.1, -0.05) is 31.4 Å². The van der Waals surface area contributed by atoms with E-state index in [-0.39, 0.29) is 18.1 Å². The van der Waals surface area contributed by atoms with E-state index in [1.54, 1.807) is 24.3 Å². The lowest BCUT2D eigenvalue weighted by molar-refractivity contribution is -0.136. The molecule has 0 spiro atoms. The summed E-state index contributed by atoms with van der Waals surface area (Å²) in [6.45, 7) is 0. The summed E-state index contributed by atoms with van der Waals surface area (Å²) in [7, 11) is -3.34. The quantitative estimate of drug-likeness (QED) is 0.846. The number of sulfonamides is 1. The molecule has 0 atom stereocenters. The number of rotatable bonds is 6. The summed E-state index contributed by atoms with van der Waals surface area (Å²) < 4.78 is 26.8. The van der Waals surface area contributed by atoms with Gasteiger partial charge in [-0.25, -0.2) is 8.42 Å². The molecule has 2 rings (SSSR count). The highest BCUT2D eigenvalue weighted by Crippen LogP contribution is 2.25. The normalized spacial score (nSPS) is 16.6. The van der Waals surface area contributed by atoms with Crippen molar-refractivity contribution in [3.63, 3.8) is 0 Å². The van der Waals surface area contributed by atoms with Gasteiger partial charge in [0.1, 0.15) is 0 Å². The van der Waals surface area contributed by atoms with E-state index >= 15 is 0 Å². The monoisotopic (exact) mass is 311 g/mol. The second-order valence-electron chi connectivity index (χ2n) is 5.65. The molecule has 0 unspecified atom stereocenters. The predicted molar refractivity (Wildman–Crippen MR) is 81.8 cm³/mol. The highest BCUT2D eigenvalue weighted by Gasteiger charge is 2.21. The van der Waals surface area contributed by atoms with Gasteiger partial charge in [-0.3, -0.25) is 9.52 Å². The fraction of sp³-hybridized carbons (Fsp3) is 0.533. The third kappa shape index (κ3) is 5.38. The Morgan fingerprint density at radius 3 is 2.33 bits per heavy atom. The van der Waals surface area contributed by atoms with E-state index < -0.39 is 16.0 Å². The Morgan fingerprint density at radius 2 is 1.76 bits per heavy atom. The minimum atomic E-state index is -3.34. The van der Waals surface area contributed by atoms with Crippen LogP contribution in [0.25, 0.3) is 0 Å². The first-order valence-corrected chi connectivity index (χ1v) is 8.91. The van der Waals surface area contributed by atoms with Crippen LogP contribution in [0.15, 0.2) is 24.3 Å². The van der Waals surface area contributed by atoms with Gasteiger partial charge in [0.05, 0.1) is 12.2 Å². The first kappa shape index (κ1) is 15.8. The molecule has 1 aromatic carbocycles. The third-order valence-corrected chi connectivity index (χ3v) is 5.22. The number of carboxylic acid groups (broad SMARTS) is 1. The Bertz CT molecular complexity index is 574. The Morgan fingerprint density at radius 1 is 1.14 bits per heavy atom. The molecule has 2 N–H and O–H groups in total. The predicted octanol–water partition coefficient (Wildman–Crippen LogP) is 2.64. The van der Waals surface area contributed by atoms with Crippen LogP contribution in [0.1, 0.15) is 37.7 Å². The number of benzene rings is 1. The molecule has 21 heavy (non-hydrogen) atoms. The third-order valence-electron chi connectivity index (χ3n) is 3.76. The van der Waals surface area contributed by atoms with Gasteiger partial charge in [0.15, 0.2) is 0 Å². The maximum absolute atomic E-state index is 12.1. The summed E-state index contributed by atoms with van der Waals surface area (Å²) >= 11 is 0. The van der Waals surface area contributed by atoms with Crippen LogP contribution in [0.3, 0.4) is 0 Å². The maximum Gasteiger partial charge on any atom is 0.307 e. The average Bonchev–Trinajstić information content (AvgIpc) is 2.40. The van der Waals surface area contributed by atoms with Gasteiger partial charge >= 0.3 is 5.97 Å². The summed E-state index contributed by atoms with van der Waals surface area (Å²) in [5.74, 6) is -0.479. The van der Waals surface area contributed by atoms with Gasteiger partial charge in [-0.15, -0.1) is 0 Å². The van der Waals surface area contributed by atoms with Gasteiger partial charge in [0, 0.05) is 5.69 Å². The molecule has 5 nitrogen and oxygen atoms in total. The first-order valence-electron chi connectivity index (χ1n) is 7.26. The van der Waals surface area contributed by atoms with Crippen LogP contribution >= 0.6 is 0 Å². The van der Waals surface area contributed by atoms with Crippen molar-refractivity contribution in [1.29, 1.82) is 0 Å². The summed E-state index contributed by atoms with van der Waals surface area (Å²) in [5.41, 5.74) is 1.14. The summed E-state index contributed by atoms with van der Waals surface area (Å²) in [6.07, 6.45) is 5.34. The number of anilines is 1. The molecular weight excluding hydrogens is 290 g/mol. The summed E-state index contributed by atoms with van der Waals surface area (Å²) in [6, 6.07) is 6.48. The highest BCUT2D eigenvalue weighted by molar-refractivity contribution is 7.92. The van der Waals surface area contributed by atoms with E-state index in [1.165, 1.54) is 6.42 Å². The molecule has 1 aromatic rings. The molecule has 0 amide bonds. The molecule has 1 saturated carbocycles. The molecule has 1 aliphatic carbocycles. The number of carbonyl (C=O) groups is 1. The molecule has 1 aliphatic rings. The Labute approximate surface area is 125 Å². The largest absolute Gasteiger partial charge is 0.481 e. The van der Waals surface area contributed by atoms with Crippen LogP contribution in [0, 0.1) is 5.92 Å². The standard InChI is InChI=1S/C15H21NO4S/c17-15(18)10-12-6-8-14(9-7-12)16-21(19,20)11-13-4-2-1-3-5-13/h6-9,13,16H,1-5,10-11H2,(H,17,18). The van der Waals surface area contributed by atoms with Gasteiger partial charge in [-0.2, -0.15) is 0 Å². The van der Waals surface area contributed by atoms with Crippen molar-refractivity contribution in [3.05, 3.63) is 29.8 Å². The minimum absolute atomic E-state index is 0.0604. The van der Waals surface area contributed by atoms with E-state index in [1.807, 2.05) is 0 Å². The fourth-order valence-electron chi connectivity index (χ4n) is 2.75. The van der Waals surface area contributed by atoms with Crippen molar-refractivity contribution >= 4 is 21.7 Å². The number of nitrogens with one attached hydrogen (secondary N) is 1. The molecule has 0 radical (unpaired) electrons. The van der Waals surface area contributed by atoms with E-state index in [2.05, 4.69) is 4.72 Å². The Hall–Kier alpha value is -1.56. The van der Waals surface area contributed by atoms with Crippen LogP contribution in [0.2, 0.25) is 0 Å². The van der Waals surface area contributed by atoms with Crippen LogP contribution in [0.4, 0.5) is 5.69 Å². The van der Waals surface area contributed by atoms with Crippen LogP contribution in [0.5, 0.6) is 0 Å². The number of hydrogen-bond donors (Lipinski definition) is 2. The second kappa shape index (κ2) is 6.93. The van der Waals surface area contributed by atoms with E-state index in [9.17, 15) is 13.2 Å². The zero-order valence-corrected chi connectivity index (χ0v) is 12.7. The fourth-order valence-corrected chi connectivity index (χ4v) is 4.28. The van der Waals surface area contributed by atoms with E-state index in [4.69, 9.17) is 5.11 Å². The van der Waals surface area contributed by atoms with Gasteiger partial charge in [-0.05, 0) is 36.5 Å². The lowest BCUT2D eigenvalue weighted by Crippen LogP contribution is -2.24. The molecule has 0 aromatic heterocycles. The first-order chi connectivity index (χ1) is 9.94. The summed E-state index contributed by atoms with van der Waals surface area (Å²) in [5, 5.41) is 8.69. The smallest absolute Gasteiger partial charge is 0.307 e. The van der Waals surface area contributed by atoms with Crippen molar-refractivity contribution in [3.8, 4) is 0 Å². The van der Waals surface area contributed by atoms with Crippen LogP contribution < -0.4 is 4.72 Å². The van der Waals surface area contributed by atoms with Gasteiger partial charge in [0.25, 0.3) is 0 Å². The molecule has 6 heteroatoms. The molecule has 0 heterocycles. The number of carboxylic acids is 1. The SMILES string of the molecule is O=C(O)Cc1ccc(NS(=O)(=O)CC2CCCCC2)cc1. The highest BCUT2D eigenvalue weighted by atomic mass is 32.2. The topological polar surface area (TPSA) is 83.5 Å². The van der Waals surface area contributed by atoms with Crippen molar-refractivity contribution in [2.45, 2.75) is 38.5 Å². The number of hydrogen-bond acceptors (Lipinski definition) is 3. The van der Waals surface area contributed by atoms with Crippen molar-refractivity contribution < 1.29 is 18.3 Å². The maximum atomic E-state index is 12.1. The lowest BCUT2D eigenvalue weighted by Gasteiger charge is -2.21. The van der Waals surface area contributed by atoms with Crippen molar-refractivity contribution in [1.82, 2.24) is 0 Å². The van der Waals surface area contributed by atoms with Gasteiger partial charge < -0.3 is 5.11 Å². The van der Waals surface area contributed by atoms with Gasteiger partial charge in [0.2, 0.25) is 10.0 Å². The molecule has 1 fully saturated rings. The minimum Gasteiger partial charge on any atom is -0.481 e. The molecule has 116 valence electrons. The Kier molecular flexibility index (Phi) is 5.22. The summed E-state index contributed by atoms with van der Waals surface area (Å²) in [4.78, 5) is 10.6. The number of aliphatic carboxylic acids is 1.